The molecule has 4 N–H and O–H groups in total. The molecule has 6 atom stereocenters. The number of nitrogens with one attached hydrogen (secondary N) is 1. The lowest BCUT2D eigenvalue weighted by atomic mass is 9.92. The van der Waals surface area contributed by atoms with Crippen molar-refractivity contribution in [3.8, 4) is 0 Å². The first-order valence-corrected chi connectivity index (χ1v) is 26.4. The molecule has 1 fully saturated rings. The van der Waals surface area contributed by atoms with Gasteiger partial charge < -0.3 is 34.4 Å². The normalized spacial score (nSPS) is 20.1. The maximum atomic E-state index is 15.3. The van der Waals surface area contributed by atoms with Crippen molar-refractivity contribution in [2.24, 2.45) is 0 Å². The van der Waals surface area contributed by atoms with Crippen LogP contribution in [0, 0.1) is 0 Å². The van der Waals surface area contributed by atoms with Crippen LogP contribution >= 0.6 is 7.82 Å². The summed E-state index contributed by atoms with van der Waals surface area (Å²) in [7, 11) is -5.37. The monoisotopic (exact) mass is 916 g/mol. The Morgan fingerprint density at radius 2 is 1.08 bits per heavy atom. The van der Waals surface area contributed by atoms with Gasteiger partial charge in [-0.2, -0.15) is 8.78 Å². The number of phosphoric acid groups is 1. The van der Waals surface area contributed by atoms with Gasteiger partial charge in [0.15, 0.2) is 6.10 Å². The zero-order chi connectivity index (χ0) is 45.9. The molecule has 1 saturated heterocycles. The fourth-order valence-corrected chi connectivity index (χ4v) is 8.86. The molecule has 0 saturated carbocycles. The zero-order valence-corrected chi connectivity index (χ0v) is 39.9. The summed E-state index contributed by atoms with van der Waals surface area (Å²) in [4.78, 5) is 45.1. The minimum atomic E-state index is -5.37. The topological polar surface area (TPSA) is 161 Å². The highest BCUT2D eigenvalue weighted by molar-refractivity contribution is 7.46. The number of carbonyl (C=O) groups is 2. The second-order valence-electron chi connectivity index (χ2n) is 17.7. The third kappa shape index (κ3) is 28.6. The fraction of sp³-hybridized carbons (Fsp3) is 0.957. The molecule has 1 aliphatic heterocycles. The number of alkyl halides is 3. The lowest BCUT2D eigenvalue weighted by molar-refractivity contribution is -0.211. The summed E-state index contributed by atoms with van der Waals surface area (Å²) in [6.45, 7) is 5.50. The maximum absolute atomic E-state index is 15.3. The minimum absolute atomic E-state index is 0.0625. The summed E-state index contributed by atoms with van der Waals surface area (Å²) in [6, 6.07) is -1.89. The Labute approximate surface area is 373 Å². The standard InChI is InChI=1S/C47H89F3NO10P/c1-4-7-10-13-16-19-22-25-28-31-35-47(49,50)46(54)51-41-43(42(61-62(55,56)57)40(38-48)60-44(41)45(52)53)59-37-34-39(33-30-27-24-21-18-15-12-9-6-3)58-36-32-29-26-23-20-17-14-11-8-5-2/h39-44H,4-38H2,1-3H3,(H,51,54)(H,52,53)(H2,55,56,57)/t39-,40-,41-,42-,43-,44+/m1/s1. The minimum Gasteiger partial charge on any atom is -0.479 e. The molecule has 0 bridgehead atoms. The molecule has 0 aromatic heterocycles. The summed E-state index contributed by atoms with van der Waals surface area (Å²) in [6.07, 6.45) is 23.5. The molecular formula is C47H89F3NO10P. The van der Waals surface area contributed by atoms with Gasteiger partial charge in [0.1, 0.15) is 25.0 Å². The Hall–Kier alpha value is -1.28. The van der Waals surface area contributed by atoms with Gasteiger partial charge in [-0.05, 0) is 25.7 Å². The van der Waals surface area contributed by atoms with Crippen LogP contribution in [0.5, 0.6) is 0 Å². The summed E-state index contributed by atoms with van der Waals surface area (Å²) in [5.41, 5.74) is 0. The number of aliphatic carboxylic acids is 1. The highest BCUT2D eigenvalue weighted by atomic mass is 31.2. The zero-order valence-electron chi connectivity index (χ0n) is 39.0. The molecule has 1 rings (SSSR count). The van der Waals surface area contributed by atoms with Gasteiger partial charge in [-0.25, -0.2) is 13.8 Å². The van der Waals surface area contributed by atoms with Gasteiger partial charge in [0.25, 0.3) is 5.91 Å². The van der Waals surface area contributed by atoms with E-state index in [9.17, 15) is 33.4 Å². The van der Waals surface area contributed by atoms with Crippen LogP contribution in [-0.4, -0.2) is 89.1 Å². The van der Waals surface area contributed by atoms with E-state index in [-0.39, 0.29) is 25.6 Å². The van der Waals surface area contributed by atoms with E-state index in [1.54, 1.807) is 0 Å². The summed E-state index contributed by atoms with van der Waals surface area (Å²) >= 11 is 0. The lowest BCUT2D eigenvalue weighted by Crippen LogP contribution is -2.68. The number of hydrogen-bond acceptors (Lipinski definition) is 7. The van der Waals surface area contributed by atoms with Gasteiger partial charge in [-0.1, -0.05) is 194 Å². The average Bonchev–Trinajstić information content (AvgIpc) is 3.22. The van der Waals surface area contributed by atoms with Crippen molar-refractivity contribution >= 4 is 19.7 Å². The summed E-state index contributed by atoms with van der Waals surface area (Å²) in [5.74, 6) is -7.37. The van der Waals surface area contributed by atoms with Crippen molar-refractivity contribution in [2.75, 3.05) is 19.9 Å². The number of carboxylic acid groups (broad SMARTS) is 1. The number of ether oxygens (including phenoxy) is 3. The third-order valence-corrected chi connectivity index (χ3v) is 12.6. The smallest absolute Gasteiger partial charge is 0.470 e. The van der Waals surface area contributed by atoms with Crippen LogP contribution in [-0.2, 0) is 32.9 Å². The highest BCUT2D eigenvalue weighted by Gasteiger charge is 2.54. The number of halogens is 3. The van der Waals surface area contributed by atoms with Gasteiger partial charge >= 0.3 is 19.7 Å². The number of phosphoric ester groups is 1. The van der Waals surface area contributed by atoms with Gasteiger partial charge in [-0.3, -0.25) is 9.32 Å². The molecule has 0 unspecified atom stereocenters. The number of unbranched alkanes of at least 4 members (excludes halogenated alkanes) is 26. The Balaban J connectivity index is 3.01. The second kappa shape index (κ2) is 36.9. The molecule has 1 heterocycles. The van der Waals surface area contributed by atoms with E-state index < -0.39 is 69.2 Å². The van der Waals surface area contributed by atoms with Gasteiger partial charge in [0, 0.05) is 19.6 Å². The fourth-order valence-electron chi connectivity index (χ4n) is 8.29. The molecule has 0 aliphatic carbocycles. The SMILES string of the molecule is CCCCCCCCCCCCO[C@H](CCCCCCCCCCC)CCO[C@@H]1[C@@H](NC(=O)C(F)(F)CCCCCCCCCCCC)[C@@H](C(=O)O)O[C@H](CF)[C@H]1OP(=O)(O)O. The first-order chi connectivity index (χ1) is 29.8. The first kappa shape index (κ1) is 58.7. The van der Waals surface area contributed by atoms with Crippen molar-refractivity contribution in [3.63, 3.8) is 0 Å². The predicted octanol–water partition coefficient (Wildman–Crippen LogP) is 12.7. The largest absolute Gasteiger partial charge is 0.479 e. The van der Waals surface area contributed by atoms with E-state index in [2.05, 4.69) is 26.1 Å². The molecule has 62 heavy (non-hydrogen) atoms. The summed E-state index contributed by atoms with van der Waals surface area (Å²) < 4.78 is 79.8. The van der Waals surface area contributed by atoms with Crippen LogP contribution in [0.2, 0.25) is 0 Å². The Morgan fingerprint density at radius 1 is 0.645 bits per heavy atom. The molecule has 0 aromatic carbocycles. The van der Waals surface area contributed by atoms with E-state index in [1.165, 1.54) is 89.9 Å². The molecule has 0 spiro atoms. The van der Waals surface area contributed by atoms with E-state index in [0.29, 0.717) is 19.4 Å². The van der Waals surface area contributed by atoms with Gasteiger partial charge in [-0.15, -0.1) is 0 Å². The molecule has 0 radical (unpaired) electrons. The maximum Gasteiger partial charge on any atom is 0.470 e. The van der Waals surface area contributed by atoms with Crippen LogP contribution in [0.4, 0.5) is 13.2 Å². The molecule has 1 amide bonds. The molecule has 15 heteroatoms. The number of carboxylic acids is 1. The van der Waals surface area contributed by atoms with E-state index >= 15 is 8.78 Å². The van der Waals surface area contributed by atoms with Gasteiger partial charge in [0.05, 0.1) is 12.1 Å². The Bertz CT molecular complexity index is 1150. The number of rotatable bonds is 43. The molecule has 0 aromatic rings. The van der Waals surface area contributed by atoms with Gasteiger partial charge in [0.2, 0.25) is 0 Å². The van der Waals surface area contributed by atoms with E-state index in [1.807, 2.05) is 0 Å². The quantitative estimate of drug-likeness (QED) is 0.0342. The third-order valence-electron chi connectivity index (χ3n) is 12.1. The molecule has 1 aliphatic rings. The van der Waals surface area contributed by atoms with Crippen LogP contribution < -0.4 is 5.32 Å². The van der Waals surface area contributed by atoms with Crippen molar-refractivity contribution in [1.82, 2.24) is 5.32 Å². The Morgan fingerprint density at radius 3 is 1.52 bits per heavy atom. The summed E-state index contributed by atoms with van der Waals surface area (Å²) in [5, 5.41) is 12.1. The average molecular weight is 916 g/mol. The van der Waals surface area contributed by atoms with Crippen molar-refractivity contribution < 1.29 is 61.0 Å². The number of carbonyl (C=O) groups excluding carboxylic acids is 1. The first-order valence-electron chi connectivity index (χ1n) is 24.9. The van der Waals surface area contributed by atoms with Crippen LogP contribution in [0.25, 0.3) is 0 Å². The predicted molar refractivity (Wildman–Crippen MR) is 240 cm³/mol. The van der Waals surface area contributed by atoms with Crippen molar-refractivity contribution in [1.29, 1.82) is 0 Å². The number of hydrogen-bond donors (Lipinski definition) is 4. The molecule has 368 valence electrons. The molecule has 11 nitrogen and oxygen atoms in total. The van der Waals surface area contributed by atoms with Crippen LogP contribution in [0.3, 0.4) is 0 Å². The van der Waals surface area contributed by atoms with Crippen molar-refractivity contribution in [3.05, 3.63) is 0 Å². The number of amides is 1. The second-order valence-corrected chi connectivity index (χ2v) is 18.9. The lowest BCUT2D eigenvalue weighted by Gasteiger charge is -2.44. The van der Waals surface area contributed by atoms with Crippen LogP contribution in [0.1, 0.15) is 226 Å². The molecular weight excluding hydrogens is 826 g/mol. The van der Waals surface area contributed by atoms with Crippen molar-refractivity contribution in [2.45, 2.75) is 269 Å². The van der Waals surface area contributed by atoms with Crippen LogP contribution in [0.15, 0.2) is 0 Å². The van der Waals surface area contributed by atoms with E-state index in [0.717, 1.165) is 83.5 Å². The Kier molecular flexibility index (Phi) is 34.9. The van der Waals surface area contributed by atoms with E-state index in [4.69, 9.17) is 18.7 Å². The highest BCUT2D eigenvalue weighted by Crippen LogP contribution is 2.42.